The lowest BCUT2D eigenvalue weighted by molar-refractivity contribution is -0.161. The number of ether oxygens (including phenoxy) is 3. The van der Waals surface area contributed by atoms with Crippen LogP contribution in [0.4, 0.5) is 11.4 Å². The van der Waals surface area contributed by atoms with Crippen molar-refractivity contribution < 1.29 is 23.4 Å². The van der Waals surface area contributed by atoms with Crippen LogP contribution in [0.1, 0.15) is 78.5 Å². The SMILES string of the molecule is C=CCOc1cccc2c1CCN(Cc1ccc(Cl)cc1-c1cc(C(=O)N(c3ccc(O[Si](C)(C)C(C)(C)C)cc3)c3cnn(C)c3CCOC3CCCCO3)c(C)n1C)C2. The summed E-state index contributed by atoms with van der Waals surface area (Å²) in [6.45, 7) is 21.0. The van der Waals surface area contributed by atoms with Gasteiger partial charge in [-0.1, -0.05) is 63.2 Å². The Morgan fingerprint density at radius 2 is 1.87 bits per heavy atom. The second-order valence-electron chi connectivity index (χ2n) is 17.9. The van der Waals surface area contributed by atoms with E-state index in [-0.39, 0.29) is 17.2 Å². The van der Waals surface area contributed by atoms with E-state index in [9.17, 15) is 0 Å². The van der Waals surface area contributed by atoms with Gasteiger partial charge in [0.1, 0.15) is 18.1 Å². The van der Waals surface area contributed by atoms with Gasteiger partial charge >= 0.3 is 0 Å². The van der Waals surface area contributed by atoms with Crippen molar-refractivity contribution in [3.05, 3.63) is 124 Å². The molecule has 3 aromatic carbocycles. The van der Waals surface area contributed by atoms with Crippen molar-refractivity contribution in [1.82, 2.24) is 19.2 Å². The van der Waals surface area contributed by atoms with E-state index in [1.807, 2.05) is 74.2 Å². The number of rotatable bonds is 15. The van der Waals surface area contributed by atoms with Crippen LogP contribution in [-0.2, 0) is 49.5 Å². The number of halogens is 1. The molecule has 61 heavy (non-hydrogen) atoms. The number of fused-ring (bicyclic) bond motifs is 1. The fraction of sp³-hybridized carbons (Fsp3) is 0.429. The van der Waals surface area contributed by atoms with Crippen molar-refractivity contribution >= 4 is 37.2 Å². The van der Waals surface area contributed by atoms with Crippen LogP contribution in [0.5, 0.6) is 11.5 Å². The first-order chi connectivity index (χ1) is 29.1. The zero-order valence-electron chi connectivity index (χ0n) is 37.2. The summed E-state index contributed by atoms with van der Waals surface area (Å²) in [4.78, 5) is 19.6. The first-order valence-electron chi connectivity index (χ1n) is 21.5. The van der Waals surface area contributed by atoms with E-state index in [0.29, 0.717) is 42.5 Å². The molecule has 324 valence electrons. The summed E-state index contributed by atoms with van der Waals surface area (Å²) in [7, 11) is 1.84. The summed E-state index contributed by atoms with van der Waals surface area (Å²) in [5.74, 6) is 1.57. The third-order valence-electron chi connectivity index (χ3n) is 12.7. The number of carbonyl (C=O) groups excluding carboxylic acids is 1. The van der Waals surface area contributed by atoms with E-state index in [0.717, 1.165) is 90.7 Å². The smallest absolute Gasteiger partial charge is 0.264 e. The molecule has 5 aromatic rings. The molecule has 1 unspecified atom stereocenters. The Kier molecular flexibility index (Phi) is 13.7. The van der Waals surface area contributed by atoms with Gasteiger partial charge < -0.3 is 23.2 Å². The van der Waals surface area contributed by atoms with Gasteiger partial charge in [-0.15, -0.1) is 0 Å². The average Bonchev–Trinajstić information content (AvgIpc) is 3.74. The molecule has 12 heteroatoms. The Bertz CT molecular complexity index is 2340. The maximum absolute atomic E-state index is 15.3. The molecule has 1 atom stereocenters. The number of carbonyl (C=O) groups is 1. The van der Waals surface area contributed by atoms with E-state index in [1.54, 1.807) is 17.2 Å². The summed E-state index contributed by atoms with van der Waals surface area (Å²) < 4.78 is 28.6. The fourth-order valence-electron chi connectivity index (χ4n) is 8.05. The molecule has 10 nitrogen and oxygen atoms in total. The molecule has 0 aliphatic carbocycles. The van der Waals surface area contributed by atoms with Gasteiger partial charge in [-0.05, 0) is 116 Å². The molecule has 0 N–H and O–H groups in total. The highest BCUT2D eigenvalue weighted by Crippen LogP contribution is 2.40. The van der Waals surface area contributed by atoms with Crippen LogP contribution in [0.2, 0.25) is 23.2 Å². The lowest BCUT2D eigenvalue weighted by Gasteiger charge is -2.36. The van der Waals surface area contributed by atoms with Crippen LogP contribution in [0.3, 0.4) is 0 Å². The molecule has 0 saturated carbocycles. The van der Waals surface area contributed by atoms with Gasteiger partial charge in [0, 0.05) is 74.4 Å². The number of hydrogen-bond acceptors (Lipinski definition) is 7. The Hall–Kier alpha value is -4.65. The summed E-state index contributed by atoms with van der Waals surface area (Å²) >= 11 is 6.74. The maximum atomic E-state index is 15.3. The van der Waals surface area contributed by atoms with Gasteiger partial charge in [-0.3, -0.25) is 19.3 Å². The number of aromatic nitrogens is 3. The number of anilines is 2. The molecule has 7 rings (SSSR count). The molecule has 0 radical (unpaired) electrons. The largest absolute Gasteiger partial charge is 0.544 e. The fourth-order valence-corrected chi connectivity index (χ4v) is 9.25. The summed E-state index contributed by atoms with van der Waals surface area (Å²) in [6, 6.07) is 22.3. The third-order valence-corrected chi connectivity index (χ3v) is 17.3. The number of nitrogens with zero attached hydrogens (tertiary/aromatic N) is 5. The first-order valence-corrected chi connectivity index (χ1v) is 24.8. The number of aryl methyl sites for hydroxylation is 1. The highest BCUT2D eigenvalue weighted by atomic mass is 35.5. The quantitative estimate of drug-likeness (QED) is 0.0766. The lowest BCUT2D eigenvalue weighted by Crippen LogP contribution is -2.43. The molecule has 2 aliphatic rings. The monoisotopic (exact) mass is 863 g/mol. The molecule has 4 heterocycles. The van der Waals surface area contributed by atoms with E-state index >= 15 is 4.79 Å². The van der Waals surface area contributed by atoms with Crippen LogP contribution in [0.25, 0.3) is 11.3 Å². The molecule has 1 saturated heterocycles. The molecule has 1 fully saturated rings. The van der Waals surface area contributed by atoms with E-state index in [2.05, 4.69) is 73.2 Å². The van der Waals surface area contributed by atoms with Gasteiger partial charge in [0.15, 0.2) is 6.29 Å². The standard InChI is InChI=1S/C49H62ClN5O5Si/c1-10-26-57-46-15-13-14-35-32-54(25-23-40(35)46)33-36-17-18-37(50)29-42(36)44-30-41(34(2)52(44)6)48(56)55(38-19-21-39(22-20-38)60-61(8,9)49(3,4)5)45-31-51-53(7)43(45)24-28-59-47-16-11-12-27-58-47/h10,13-15,17-22,29-31,47H,1,11-12,16,23-28,32-33H2,2-9H3. The van der Waals surface area contributed by atoms with E-state index < -0.39 is 8.32 Å². The van der Waals surface area contributed by atoms with Gasteiger partial charge in [-0.25, -0.2) is 0 Å². The molecular weight excluding hydrogens is 802 g/mol. The van der Waals surface area contributed by atoms with E-state index in [4.69, 9.17) is 30.2 Å². The molecule has 1 amide bonds. The average molecular weight is 865 g/mol. The molecular formula is C49H62ClN5O5Si. The van der Waals surface area contributed by atoms with Crippen molar-refractivity contribution in [1.29, 1.82) is 0 Å². The minimum Gasteiger partial charge on any atom is -0.544 e. The summed E-state index contributed by atoms with van der Waals surface area (Å²) in [5, 5.41) is 5.36. The number of benzene rings is 3. The Morgan fingerprint density at radius 1 is 1.08 bits per heavy atom. The van der Waals surface area contributed by atoms with Crippen LogP contribution >= 0.6 is 11.6 Å². The zero-order valence-corrected chi connectivity index (χ0v) is 39.0. The van der Waals surface area contributed by atoms with Gasteiger partial charge in [0.2, 0.25) is 8.32 Å². The van der Waals surface area contributed by atoms with Gasteiger partial charge in [0.25, 0.3) is 5.91 Å². The first kappa shape index (κ1) is 44.4. The predicted octanol–water partition coefficient (Wildman–Crippen LogP) is 11.0. The topological polar surface area (TPSA) is 83.2 Å². The number of hydrogen-bond donors (Lipinski definition) is 0. The molecule has 0 bridgehead atoms. The summed E-state index contributed by atoms with van der Waals surface area (Å²) in [5.41, 5.74) is 9.33. The van der Waals surface area contributed by atoms with Crippen LogP contribution in [0, 0.1) is 6.92 Å². The highest BCUT2D eigenvalue weighted by molar-refractivity contribution is 6.74. The van der Waals surface area contributed by atoms with Crippen molar-refractivity contribution in [3.63, 3.8) is 0 Å². The zero-order chi connectivity index (χ0) is 43.5. The van der Waals surface area contributed by atoms with Crippen LogP contribution < -0.4 is 14.1 Å². The summed E-state index contributed by atoms with van der Waals surface area (Å²) in [6.07, 6.45) is 7.83. The number of amides is 1. The van der Waals surface area contributed by atoms with Crippen LogP contribution in [-0.4, -0.2) is 66.1 Å². The third kappa shape index (κ3) is 9.87. The predicted molar refractivity (Wildman–Crippen MR) is 248 cm³/mol. The van der Waals surface area contributed by atoms with Gasteiger partial charge in [0.05, 0.1) is 29.7 Å². The van der Waals surface area contributed by atoms with Crippen LogP contribution in [0.15, 0.2) is 85.6 Å². The normalized spacial score (nSPS) is 16.0. The Morgan fingerprint density at radius 3 is 2.59 bits per heavy atom. The molecule has 2 aromatic heterocycles. The van der Waals surface area contributed by atoms with E-state index in [1.165, 1.54) is 11.1 Å². The van der Waals surface area contributed by atoms with Gasteiger partial charge in [-0.2, -0.15) is 5.10 Å². The molecule has 0 spiro atoms. The minimum absolute atomic E-state index is 0.0400. The van der Waals surface area contributed by atoms with Crippen molar-refractivity contribution in [2.45, 2.75) is 97.3 Å². The highest BCUT2D eigenvalue weighted by Gasteiger charge is 2.39. The van der Waals surface area contributed by atoms with Crippen molar-refractivity contribution in [2.75, 3.05) is 31.3 Å². The van der Waals surface area contributed by atoms with Crippen molar-refractivity contribution in [3.8, 4) is 22.8 Å². The Labute approximate surface area is 368 Å². The Balaban J connectivity index is 1.21. The maximum Gasteiger partial charge on any atom is 0.264 e. The molecule has 2 aliphatic heterocycles. The van der Waals surface area contributed by atoms with Crippen molar-refractivity contribution in [2.24, 2.45) is 14.1 Å². The second-order valence-corrected chi connectivity index (χ2v) is 23.0. The minimum atomic E-state index is -2.09. The lowest BCUT2D eigenvalue weighted by atomic mass is 9.97. The second kappa shape index (κ2) is 18.8.